The van der Waals surface area contributed by atoms with Crippen LogP contribution in [0.3, 0.4) is 0 Å². The van der Waals surface area contributed by atoms with Crippen molar-refractivity contribution < 1.29 is 18.7 Å². The number of carbonyl (C=O) groups is 2. The van der Waals surface area contributed by atoms with E-state index in [-0.39, 0.29) is 24.4 Å². The van der Waals surface area contributed by atoms with Crippen LogP contribution in [0.5, 0.6) is 0 Å². The number of rotatable bonds is 7. The minimum absolute atomic E-state index is 0.0954. The summed E-state index contributed by atoms with van der Waals surface area (Å²) in [5.74, 6) is 0.895. The van der Waals surface area contributed by atoms with Gasteiger partial charge in [-0.25, -0.2) is 9.18 Å². The average molecular weight is 428 g/mol. The predicted octanol–water partition coefficient (Wildman–Crippen LogP) is 4.91. The molecule has 158 valence electrons. The zero-order valence-electron chi connectivity index (χ0n) is 17.0. The summed E-state index contributed by atoms with van der Waals surface area (Å²) in [6, 6.07) is 9.63. The maximum Gasteiger partial charge on any atom is 0.340 e. The van der Waals surface area contributed by atoms with Gasteiger partial charge in [0, 0.05) is 10.9 Å². The summed E-state index contributed by atoms with van der Waals surface area (Å²) in [7, 11) is 0. The van der Waals surface area contributed by atoms with Gasteiger partial charge in [0.15, 0.2) is 6.61 Å². The van der Waals surface area contributed by atoms with Crippen molar-refractivity contribution in [2.24, 2.45) is 17.8 Å². The van der Waals surface area contributed by atoms with Crippen LogP contribution in [0.2, 0.25) is 0 Å². The third-order valence-corrected chi connectivity index (χ3v) is 7.25. The highest BCUT2D eigenvalue weighted by Gasteiger charge is 2.42. The van der Waals surface area contributed by atoms with Gasteiger partial charge in [-0.05, 0) is 79.2 Å². The van der Waals surface area contributed by atoms with Gasteiger partial charge in [0.1, 0.15) is 5.82 Å². The Morgan fingerprint density at radius 1 is 1.23 bits per heavy atom. The van der Waals surface area contributed by atoms with E-state index in [0.717, 1.165) is 16.7 Å². The van der Waals surface area contributed by atoms with E-state index in [2.05, 4.69) is 12.2 Å². The second-order valence-corrected chi connectivity index (χ2v) is 9.31. The molecule has 0 saturated heterocycles. The number of thiophene rings is 1. The Kier molecular flexibility index (Phi) is 6.32. The number of hydrogen-bond donors (Lipinski definition) is 1. The molecule has 2 aromatic rings. The summed E-state index contributed by atoms with van der Waals surface area (Å²) in [4.78, 5) is 25.8. The smallest absolute Gasteiger partial charge is 0.340 e. The van der Waals surface area contributed by atoms with Crippen molar-refractivity contribution >= 4 is 34.9 Å². The summed E-state index contributed by atoms with van der Waals surface area (Å²) in [5.41, 5.74) is 1.04. The van der Waals surface area contributed by atoms with Crippen molar-refractivity contribution in [3.05, 3.63) is 58.0 Å². The van der Waals surface area contributed by atoms with Gasteiger partial charge in [0.25, 0.3) is 5.91 Å². The van der Waals surface area contributed by atoms with E-state index in [1.807, 2.05) is 17.5 Å². The van der Waals surface area contributed by atoms with Gasteiger partial charge in [-0.15, -0.1) is 11.3 Å². The molecule has 2 aliphatic rings. The first kappa shape index (κ1) is 20.8. The molecule has 0 radical (unpaired) electrons. The Hall–Kier alpha value is -2.47. The number of benzene rings is 1. The van der Waals surface area contributed by atoms with E-state index in [9.17, 15) is 14.0 Å². The van der Waals surface area contributed by atoms with Gasteiger partial charge in [-0.1, -0.05) is 24.6 Å². The number of nitrogens with one attached hydrogen (secondary N) is 1. The van der Waals surface area contributed by atoms with Crippen LogP contribution in [0, 0.1) is 23.6 Å². The lowest BCUT2D eigenvalue weighted by Gasteiger charge is -2.28. The molecule has 4 nitrogen and oxygen atoms in total. The highest BCUT2D eigenvalue weighted by molar-refractivity contribution is 7.11. The van der Waals surface area contributed by atoms with Crippen LogP contribution >= 0.6 is 11.3 Å². The van der Waals surface area contributed by atoms with Crippen molar-refractivity contribution in [2.45, 2.75) is 38.6 Å². The third-order valence-electron chi connectivity index (χ3n) is 6.35. The number of hydrogen-bond acceptors (Lipinski definition) is 4. The molecule has 1 heterocycles. The highest BCUT2D eigenvalue weighted by atomic mass is 32.1. The predicted molar refractivity (Wildman–Crippen MR) is 116 cm³/mol. The zero-order chi connectivity index (χ0) is 21.1. The number of ether oxygens (including phenoxy) is 1. The molecule has 0 aliphatic heterocycles. The van der Waals surface area contributed by atoms with Gasteiger partial charge < -0.3 is 10.1 Å². The molecule has 4 atom stereocenters. The van der Waals surface area contributed by atoms with Gasteiger partial charge in [-0.2, -0.15) is 0 Å². The van der Waals surface area contributed by atoms with Gasteiger partial charge in [-0.3, -0.25) is 4.79 Å². The van der Waals surface area contributed by atoms with Crippen molar-refractivity contribution in [3.8, 4) is 0 Å². The number of fused-ring (bicyclic) bond motifs is 2. The van der Waals surface area contributed by atoms with Crippen molar-refractivity contribution in [1.82, 2.24) is 5.32 Å². The van der Waals surface area contributed by atoms with Gasteiger partial charge in [0.2, 0.25) is 0 Å². The normalized spacial score (nSPS) is 23.9. The second kappa shape index (κ2) is 9.13. The molecule has 2 fully saturated rings. The fraction of sp³-hybridized carbons (Fsp3) is 0.417. The van der Waals surface area contributed by atoms with Crippen LogP contribution in [0.1, 0.15) is 43.0 Å². The Bertz CT molecular complexity index is 922. The van der Waals surface area contributed by atoms with Crippen molar-refractivity contribution in [3.63, 3.8) is 0 Å². The summed E-state index contributed by atoms with van der Waals surface area (Å²) < 4.78 is 18.5. The summed E-state index contributed by atoms with van der Waals surface area (Å²) in [6.07, 6.45) is 6.73. The number of carbonyl (C=O) groups excluding carboxylic acids is 2. The molecule has 1 N–H and O–H groups in total. The fourth-order valence-corrected chi connectivity index (χ4v) is 5.64. The lowest BCUT2D eigenvalue weighted by atomic mass is 9.84. The quantitative estimate of drug-likeness (QED) is 0.504. The van der Waals surface area contributed by atoms with E-state index < -0.39 is 5.97 Å². The molecule has 1 amide bonds. The third kappa shape index (κ3) is 4.81. The molecule has 2 aliphatic carbocycles. The summed E-state index contributed by atoms with van der Waals surface area (Å²) in [6.45, 7) is 1.74. The molecule has 6 heteroatoms. The standard InChI is InChI=1S/C24H26FNO3S/c1-15(20-13-17-4-7-18(20)11-17)26-23(27)14-29-24(28)21(22-3-2-10-30-22)12-16-5-8-19(25)9-6-16/h2-3,5-6,8-10,12,15,17-18,20H,4,7,11,13-14H2,1H3,(H,26,27). The first-order valence-corrected chi connectivity index (χ1v) is 11.3. The minimum Gasteiger partial charge on any atom is -0.452 e. The fourth-order valence-electron chi connectivity index (χ4n) is 4.91. The molecule has 4 unspecified atom stereocenters. The zero-order valence-corrected chi connectivity index (χ0v) is 17.8. The van der Waals surface area contributed by atoms with Crippen LogP contribution in [0.15, 0.2) is 41.8 Å². The molecule has 2 saturated carbocycles. The van der Waals surface area contributed by atoms with Gasteiger partial charge in [0.05, 0.1) is 5.57 Å². The average Bonchev–Trinajstić information content (AvgIpc) is 3.50. The molecule has 2 bridgehead atoms. The topological polar surface area (TPSA) is 55.4 Å². The summed E-state index contributed by atoms with van der Waals surface area (Å²) >= 11 is 1.41. The Labute approximate surface area is 180 Å². The van der Waals surface area contributed by atoms with Crippen LogP contribution in [-0.2, 0) is 14.3 Å². The largest absolute Gasteiger partial charge is 0.452 e. The Morgan fingerprint density at radius 2 is 2.03 bits per heavy atom. The van der Waals surface area contributed by atoms with E-state index in [4.69, 9.17) is 4.74 Å². The number of amides is 1. The molecule has 4 rings (SSSR count). The van der Waals surface area contributed by atoms with E-state index >= 15 is 0 Å². The second-order valence-electron chi connectivity index (χ2n) is 8.36. The lowest BCUT2D eigenvalue weighted by Crippen LogP contribution is -2.42. The first-order chi connectivity index (χ1) is 14.5. The maximum atomic E-state index is 13.2. The monoisotopic (exact) mass is 427 g/mol. The highest BCUT2D eigenvalue weighted by Crippen LogP contribution is 2.49. The molecular formula is C24H26FNO3S. The van der Waals surface area contributed by atoms with Crippen LogP contribution in [0.4, 0.5) is 4.39 Å². The van der Waals surface area contributed by atoms with Crippen molar-refractivity contribution in [2.75, 3.05) is 6.61 Å². The Morgan fingerprint density at radius 3 is 2.67 bits per heavy atom. The van der Waals surface area contributed by atoms with E-state index in [1.54, 1.807) is 18.2 Å². The van der Waals surface area contributed by atoms with Crippen LogP contribution < -0.4 is 5.32 Å². The Balaban J connectivity index is 1.36. The molecule has 1 aromatic heterocycles. The van der Waals surface area contributed by atoms with Crippen molar-refractivity contribution in [1.29, 1.82) is 0 Å². The first-order valence-electron chi connectivity index (χ1n) is 10.5. The van der Waals surface area contributed by atoms with Crippen LogP contribution in [-0.4, -0.2) is 24.5 Å². The van der Waals surface area contributed by atoms with E-state index in [0.29, 0.717) is 17.1 Å². The van der Waals surface area contributed by atoms with Gasteiger partial charge >= 0.3 is 5.97 Å². The summed E-state index contributed by atoms with van der Waals surface area (Å²) in [5, 5.41) is 4.88. The SMILES string of the molecule is CC(NC(=O)COC(=O)C(=Cc1ccc(F)cc1)c1cccs1)C1CC2CCC1C2. The minimum atomic E-state index is -0.565. The van der Waals surface area contributed by atoms with E-state index in [1.165, 1.54) is 49.2 Å². The molecule has 1 aromatic carbocycles. The molecule has 0 spiro atoms. The molecule has 30 heavy (non-hydrogen) atoms. The lowest BCUT2D eigenvalue weighted by molar-refractivity contribution is -0.143. The number of halogens is 1. The number of esters is 1. The molecular weight excluding hydrogens is 401 g/mol. The maximum absolute atomic E-state index is 13.2. The van der Waals surface area contributed by atoms with Crippen LogP contribution in [0.25, 0.3) is 11.6 Å².